The van der Waals surface area contributed by atoms with Gasteiger partial charge in [-0.2, -0.15) is 0 Å². The van der Waals surface area contributed by atoms with Crippen molar-refractivity contribution in [3.63, 3.8) is 0 Å². The summed E-state index contributed by atoms with van der Waals surface area (Å²) in [6, 6.07) is 25.2. The molecule has 220 valence electrons. The predicted molar refractivity (Wildman–Crippen MR) is 158 cm³/mol. The van der Waals surface area contributed by atoms with Gasteiger partial charge >= 0.3 is 6.09 Å². The molecule has 3 atom stereocenters. The second-order valence-electron chi connectivity index (χ2n) is 10.2. The third-order valence-electron chi connectivity index (χ3n) is 7.44. The summed E-state index contributed by atoms with van der Waals surface area (Å²) in [7, 11) is 0. The Morgan fingerprint density at radius 1 is 0.930 bits per heavy atom. The van der Waals surface area contributed by atoms with E-state index in [1.807, 2.05) is 30.3 Å². The van der Waals surface area contributed by atoms with E-state index < -0.39 is 41.6 Å². The Morgan fingerprint density at radius 3 is 2.19 bits per heavy atom. The number of aliphatic hydroxyl groups is 1. The first kappa shape index (κ1) is 29.5. The first-order valence-corrected chi connectivity index (χ1v) is 13.8. The lowest BCUT2D eigenvalue weighted by Gasteiger charge is -2.32. The molecule has 1 heterocycles. The second kappa shape index (κ2) is 13.3. The number of carbonyl (C=O) groups is 2. The van der Waals surface area contributed by atoms with Crippen LogP contribution < -0.4 is 5.32 Å². The van der Waals surface area contributed by atoms with Crippen molar-refractivity contribution in [2.75, 3.05) is 18.5 Å². The number of hydrogen-bond donors (Lipinski definition) is 3. The number of aromatic hydroxyl groups is 1. The molecule has 0 aromatic heterocycles. The number of aliphatic hydroxyl groups excluding tert-OH is 1. The Bertz CT molecular complexity index is 1580. The van der Waals surface area contributed by atoms with Crippen molar-refractivity contribution >= 4 is 23.3 Å². The van der Waals surface area contributed by atoms with Crippen molar-refractivity contribution in [1.29, 1.82) is 0 Å². The second-order valence-corrected chi connectivity index (χ2v) is 10.2. The molecule has 0 spiro atoms. The van der Waals surface area contributed by atoms with Crippen LogP contribution in [0.25, 0.3) is 5.57 Å². The van der Waals surface area contributed by atoms with Gasteiger partial charge in [-0.05, 0) is 77.2 Å². The van der Waals surface area contributed by atoms with Crippen molar-refractivity contribution in [2.45, 2.75) is 18.5 Å². The molecule has 0 unspecified atom stereocenters. The number of carbonyl (C=O) groups excluding carboxylic acids is 2. The number of ether oxygens (including phenoxy) is 1. The molecule has 0 aliphatic carbocycles. The van der Waals surface area contributed by atoms with Gasteiger partial charge in [-0.3, -0.25) is 4.79 Å². The number of amides is 2. The highest BCUT2D eigenvalue weighted by molar-refractivity contribution is 5.95. The van der Waals surface area contributed by atoms with Gasteiger partial charge in [0, 0.05) is 5.69 Å². The van der Waals surface area contributed by atoms with Crippen molar-refractivity contribution in [2.24, 2.45) is 5.92 Å². The highest BCUT2D eigenvalue weighted by Gasteiger charge is 2.43. The van der Waals surface area contributed by atoms with Crippen LogP contribution in [0, 0.1) is 17.6 Å². The zero-order valence-corrected chi connectivity index (χ0v) is 23.1. The van der Waals surface area contributed by atoms with Gasteiger partial charge in [0.15, 0.2) is 0 Å². The van der Waals surface area contributed by atoms with Gasteiger partial charge in [-0.1, -0.05) is 60.7 Å². The molecule has 3 N–H and O–H groups in total. The summed E-state index contributed by atoms with van der Waals surface area (Å²) in [5.74, 6) is -2.31. The van der Waals surface area contributed by atoms with Gasteiger partial charge in [0.1, 0.15) is 30.0 Å². The molecule has 7 nitrogen and oxygen atoms in total. The topological polar surface area (TPSA) is 99.1 Å². The van der Waals surface area contributed by atoms with Gasteiger partial charge in [0.25, 0.3) is 0 Å². The van der Waals surface area contributed by atoms with Gasteiger partial charge in [0.2, 0.25) is 5.91 Å². The number of hydrogen-bond acceptors (Lipinski definition) is 6. The van der Waals surface area contributed by atoms with Crippen LogP contribution in [0.1, 0.15) is 35.2 Å². The molecule has 0 saturated carbocycles. The standard InChI is InChI=1S/C34H30F2N2O5/c35-26-11-6-22(7-12-26)25(20-39)10-19-30(33(41)38-31(21-43-34(38)42)23-4-2-1-3-5-23)32(24-8-17-29(40)18-9-24)37-28-15-13-27(36)14-16-28/h1-18,30-32,37,39-40H,19-21H2/b25-10-/t30-,31-,32-/m1/s1. The molecule has 5 rings (SSSR count). The Hall–Kier alpha value is -5.02. The van der Waals surface area contributed by atoms with Crippen molar-refractivity contribution in [3.8, 4) is 5.75 Å². The number of anilines is 1. The summed E-state index contributed by atoms with van der Waals surface area (Å²) < 4.78 is 32.7. The highest BCUT2D eigenvalue weighted by Crippen LogP contribution is 2.37. The van der Waals surface area contributed by atoms with Crippen molar-refractivity contribution in [1.82, 2.24) is 4.90 Å². The zero-order chi connectivity index (χ0) is 30.3. The van der Waals surface area contributed by atoms with Crippen molar-refractivity contribution < 1.29 is 33.3 Å². The Labute approximate surface area is 247 Å². The van der Waals surface area contributed by atoms with Gasteiger partial charge < -0.3 is 20.3 Å². The molecule has 0 bridgehead atoms. The molecule has 1 aliphatic rings. The quantitative estimate of drug-likeness (QED) is 0.194. The lowest BCUT2D eigenvalue weighted by molar-refractivity contribution is -0.134. The van der Waals surface area contributed by atoms with Crippen LogP contribution in [0.3, 0.4) is 0 Å². The summed E-state index contributed by atoms with van der Waals surface area (Å²) >= 11 is 0. The molecular formula is C34H30F2N2O5. The van der Waals surface area contributed by atoms with E-state index in [-0.39, 0.29) is 25.4 Å². The van der Waals surface area contributed by atoms with Crippen LogP contribution in [0.2, 0.25) is 0 Å². The van der Waals surface area contributed by atoms with Crippen molar-refractivity contribution in [3.05, 3.63) is 138 Å². The third kappa shape index (κ3) is 6.90. The maximum atomic E-state index is 14.5. The Kier molecular flexibility index (Phi) is 9.12. The third-order valence-corrected chi connectivity index (χ3v) is 7.44. The molecule has 43 heavy (non-hydrogen) atoms. The van der Waals surface area contributed by atoms with E-state index in [2.05, 4.69) is 5.32 Å². The van der Waals surface area contributed by atoms with E-state index in [1.54, 1.807) is 18.2 Å². The number of phenols is 1. The van der Waals surface area contributed by atoms with Gasteiger partial charge in [-0.15, -0.1) is 0 Å². The molecule has 0 radical (unpaired) electrons. The first-order valence-electron chi connectivity index (χ1n) is 13.8. The van der Waals surface area contributed by atoms with E-state index in [1.165, 1.54) is 60.7 Å². The van der Waals surface area contributed by atoms with Crippen LogP contribution in [0.4, 0.5) is 19.3 Å². The Morgan fingerprint density at radius 2 is 1.56 bits per heavy atom. The number of nitrogens with one attached hydrogen (secondary N) is 1. The fourth-order valence-electron chi connectivity index (χ4n) is 5.17. The molecule has 1 aliphatic heterocycles. The first-order chi connectivity index (χ1) is 20.8. The summed E-state index contributed by atoms with van der Waals surface area (Å²) in [6.45, 7) is -0.385. The van der Waals surface area contributed by atoms with Crippen LogP contribution >= 0.6 is 0 Å². The smallest absolute Gasteiger partial charge is 0.417 e. The fourth-order valence-corrected chi connectivity index (χ4v) is 5.17. The average molecular weight is 585 g/mol. The number of cyclic esters (lactones) is 1. The van der Waals surface area contributed by atoms with Crippen LogP contribution in [0.5, 0.6) is 5.75 Å². The van der Waals surface area contributed by atoms with Crippen LogP contribution in [-0.4, -0.2) is 40.3 Å². The van der Waals surface area contributed by atoms with E-state index in [9.17, 15) is 28.6 Å². The normalized spacial score (nSPS) is 16.4. The molecule has 1 fully saturated rings. The number of imide groups is 1. The number of benzene rings is 4. The largest absolute Gasteiger partial charge is 0.508 e. The summed E-state index contributed by atoms with van der Waals surface area (Å²) in [4.78, 5) is 28.6. The average Bonchev–Trinajstić information content (AvgIpc) is 3.42. The van der Waals surface area contributed by atoms with Crippen LogP contribution in [-0.2, 0) is 9.53 Å². The highest BCUT2D eigenvalue weighted by atomic mass is 19.1. The molecular weight excluding hydrogens is 554 g/mol. The molecule has 9 heteroatoms. The number of phenolic OH excluding ortho intramolecular Hbond substituents is 1. The summed E-state index contributed by atoms with van der Waals surface area (Å²) in [5, 5.41) is 23.5. The van der Waals surface area contributed by atoms with E-state index in [0.29, 0.717) is 22.4 Å². The molecule has 2 amide bonds. The minimum Gasteiger partial charge on any atom is -0.508 e. The number of halogens is 2. The fraction of sp³-hybridized carbons (Fsp3) is 0.176. The van der Waals surface area contributed by atoms with E-state index in [0.717, 1.165) is 10.5 Å². The van der Waals surface area contributed by atoms with E-state index in [4.69, 9.17) is 4.74 Å². The Balaban J connectivity index is 1.59. The monoisotopic (exact) mass is 584 g/mol. The van der Waals surface area contributed by atoms with E-state index >= 15 is 0 Å². The summed E-state index contributed by atoms with van der Waals surface area (Å²) in [5.41, 5.74) is 2.90. The zero-order valence-electron chi connectivity index (χ0n) is 23.1. The SMILES string of the molecule is O=C1OC[C@H](c2ccccc2)N1C(=O)[C@H](C/C=C(/CO)c1ccc(F)cc1)[C@H](Nc1ccc(F)cc1)c1ccc(O)cc1. The summed E-state index contributed by atoms with van der Waals surface area (Å²) in [6.07, 6.45) is 0.964. The lowest BCUT2D eigenvalue weighted by atomic mass is 9.87. The maximum Gasteiger partial charge on any atom is 0.417 e. The lowest BCUT2D eigenvalue weighted by Crippen LogP contribution is -2.42. The molecule has 4 aromatic carbocycles. The number of allylic oxidation sites excluding steroid dienone is 1. The minimum atomic E-state index is -0.951. The van der Waals surface area contributed by atoms with Gasteiger partial charge in [-0.25, -0.2) is 18.5 Å². The molecule has 1 saturated heterocycles. The molecule has 4 aromatic rings. The number of nitrogens with zero attached hydrogens (tertiary/aromatic N) is 1. The predicted octanol–water partition coefficient (Wildman–Crippen LogP) is 6.63. The van der Waals surface area contributed by atoms with Crippen LogP contribution in [0.15, 0.2) is 109 Å². The number of rotatable bonds is 10. The van der Waals surface area contributed by atoms with Gasteiger partial charge in [0.05, 0.1) is 18.6 Å². The minimum absolute atomic E-state index is 0.0100. The maximum absolute atomic E-state index is 14.5.